The standard InChI is InChI=1S/C24H26N16O4.C12H14N8.C6H9N3O2.C6H7NO3.C4H2Cl2N2.C4H8N6.C4H5NO2.C4H5NO.C4H10O3.CH6N2.H4N2/c1-11-17(31-33-21-13(23(41)43-5)8-29-37(21)3)19(25)39(35-11)15-7-16(28-10-27-15)40-20(26)18(12(2)36-40)32-34-22-14(24(42)44-6)9-30-38(22)4;1-7-3-9(13)19(17-7)11-5-12(16-6-15-11)20-10(14)4-8(2)18-20;1-9-5(7)4(3-8-9)6(10)11-2;1-10-6(9)5(4-7)2-3-8;5-3-1-4(6)8-2-7-3;5-9-3-1-4(10-6)8-2-7-3;1-7-4(6)2-3-5;1-4(6)2-3-5;1-5-4(6-2)7-3;1-3-2;1-2/h7-10H,25-26H2,1-6H3;3-6H,13-14H2,1-2H3;3H,7H2,1-2H3;2,8H,3H2,1H3;1-2H;1-2H,5-6H2,(H2,7,8,9,10);2H2,1H3;2H2,1H3;4H,1-3H3;3H,2H2,1H3;1-2H2/b;;;5-2+;;;;;;;. The number of nitrogen functional groups attached to an aromatic ring is 7. The van der Waals surface area contributed by atoms with Crippen LogP contribution in [0.25, 0.3) is 23.3 Å². The topological polar surface area (TPSA) is 841 Å². The Morgan fingerprint density at radius 3 is 1.14 bits per heavy atom. The van der Waals surface area contributed by atoms with Crippen molar-refractivity contribution in [1.29, 1.82) is 15.8 Å². The van der Waals surface area contributed by atoms with Gasteiger partial charge in [0.15, 0.2) is 57.9 Å². The number of hydrogen-bond acceptors (Lipinski definition) is 50. The van der Waals surface area contributed by atoms with Gasteiger partial charge in [-0.05, 0) is 47.7 Å². The van der Waals surface area contributed by atoms with Crippen molar-refractivity contribution in [2.45, 2.75) is 53.9 Å². The smallest absolute Gasteiger partial charge is 0.348 e. The van der Waals surface area contributed by atoms with Crippen molar-refractivity contribution < 1.29 is 71.8 Å². The number of aryl methyl sites for hydroxylation is 7. The number of carbonyl (C=O) groups excluding carboxylic acids is 6. The zero-order valence-corrected chi connectivity index (χ0v) is 73.5. The molecule has 24 N–H and O–H groups in total. The minimum absolute atomic E-state index is 0.0417. The first-order chi connectivity index (χ1) is 61.0. The summed E-state index contributed by atoms with van der Waals surface area (Å²) >= 11 is 10.8. The van der Waals surface area contributed by atoms with Gasteiger partial charge in [0.2, 0.25) is 0 Å². The van der Waals surface area contributed by atoms with E-state index < -0.39 is 36.3 Å². The summed E-state index contributed by atoms with van der Waals surface area (Å²) in [7, 11) is 17.3. The van der Waals surface area contributed by atoms with Gasteiger partial charge < -0.3 is 82.5 Å². The van der Waals surface area contributed by atoms with Gasteiger partial charge in [0.25, 0.3) is 6.48 Å². The molecule has 686 valence electrons. The highest BCUT2D eigenvalue weighted by Crippen LogP contribution is 2.34. The van der Waals surface area contributed by atoms with E-state index >= 15 is 0 Å². The molecule has 0 aliphatic heterocycles. The van der Waals surface area contributed by atoms with Gasteiger partial charge >= 0.3 is 29.8 Å². The second-order valence-corrected chi connectivity index (χ2v) is 23.8. The normalized spacial score (nSPS) is 10.0. The van der Waals surface area contributed by atoms with Crippen LogP contribution in [0.4, 0.5) is 63.7 Å². The van der Waals surface area contributed by atoms with Gasteiger partial charge in [-0.2, -0.15) is 70.2 Å². The lowest BCUT2D eigenvalue weighted by Gasteiger charge is -2.08. The third kappa shape index (κ3) is 35.5. The molecule has 0 saturated carbocycles. The number of esters is 5. The van der Waals surface area contributed by atoms with E-state index in [2.05, 4.69) is 158 Å². The maximum absolute atomic E-state index is 12.1. The first-order valence-electron chi connectivity index (χ1n) is 35.2. The maximum atomic E-state index is 12.1. The number of hydrogen-bond donors (Lipinski definition) is 14. The van der Waals surface area contributed by atoms with Crippen LogP contribution in [-0.2, 0) is 73.4 Å². The molecule has 59 heteroatoms. The van der Waals surface area contributed by atoms with Crippen LogP contribution in [0, 0.1) is 61.7 Å². The van der Waals surface area contributed by atoms with Crippen LogP contribution < -0.4 is 74.2 Å². The number of methoxy groups -OCH3 is 8. The third-order valence-corrected chi connectivity index (χ3v) is 14.6. The van der Waals surface area contributed by atoms with Crippen molar-refractivity contribution in [2.75, 3.05) is 110 Å². The Balaban J connectivity index is 0.000000807. The van der Waals surface area contributed by atoms with Gasteiger partial charge in [-0.25, -0.2) is 80.1 Å². The molecule has 0 spiro atoms. The van der Waals surface area contributed by atoms with Crippen LogP contribution in [0.1, 0.15) is 73.6 Å². The molecule has 11 heterocycles. The van der Waals surface area contributed by atoms with Crippen LogP contribution in [-0.4, -0.2) is 226 Å². The van der Waals surface area contributed by atoms with Gasteiger partial charge in [0, 0.05) is 78.9 Å². The van der Waals surface area contributed by atoms with Crippen LogP contribution in [0.3, 0.4) is 0 Å². The summed E-state index contributed by atoms with van der Waals surface area (Å²) in [5.41, 5.74) is 40.4. The summed E-state index contributed by atoms with van der Waals surface area (Å²) in [6.45, 7) is 7.65. The number of nitriles is 3. The quantitative estimate of drug-likeness (QED) is 0.00597. The molecule has 0 radical (unpaired) electrons. The number of carbonyl (C=O) groups is 6. The number of nitrogens with zero attached hydrogens (tertiary/aromatic N) is 29. The molecule has 57 nitrogen and oxygen atoms in total. The molecule has 0 unspecified atom stereocenters. The lowest BCUT2D eigenvalue weighted by molar-refractivity contribution is -0.252. The van der Waals surface area contributed by atoms with Gasteiger partial charge in [0.1, 0.15) is 105 Å². The highest BCUT2D eigenvalue weighted by atomic mass is 35.5. The Labute approximate surface area is 738 Å². The number of anilines is 7. The zero-order chi connectivity index (χ0) is 96.9. The molecule has 11 aromatic heterocycles. The number of ketones is 1. The maximum Gasteiger partial charge on any atom is 0.348 e. The molecular formula is C69H96Cl2N42O15. The van der Waals surface area contributed by atoms with Crippen molar-refractivity contribution in [3.8, 4) is 41.5 Å². The summed E-state index contributed by atoms with van der Waals surface area (Å²) in [6.07, 6.45) is 10.4. The van der Waals surface area contributed by atoms with Crippen LogP contribution in [0.5, 0.6) is 0 Å². The molecule has 11 aromatic rings. The number of ether oxygens (including phenoxy) is 8. The first-order valence-corrected chi connectivity index (χ1v) is 35.9. The Kier molecular flexibility index (Phi) is 50.6. The lowest BCUT2D eigenvalue weighted by Crippen LogP contribution is -2.14. The summed E-state index contributed by atoms with van der Waals surface area (Å²) < 4.78 is 46.1. The Morgan fingerprint density at radius 1 is 0.500 bits per heavy atom. The largest absolute Gasteiger partial charge is 0.468 e. The van der Waals surface area contributed by atoms with E-state index in [1.807, 2.05) is 13.8 Å². The SMILES string of the molecule is CC(=O)CC#N.CNN.COC(=O)/C(C#N)=C/CO.COC(=O)CC#N.COC(=O)c1cnn(C)c1N.COC(=O)c1cnn(C)c1N=Nc1c(C)nn(-c2cc(-n3nc(C)c(N=Nc4c(C(=O)OC)cnn4C)c3N)ncn2)c1N.COC(OC)OC.Cc1cc(N)n(-c2cc(-n3nc(C)cc3N)ncn2)n1.Clc1cc(Cl)ncn1.NN.NNc1cc(NN)ncn1. The van der Waals surface area contributed by atoms with Crippen molar-refractivity contribution >= 4 is 123 Å². The van der Waals surface area contributed by atoms with Gasteiger partial charge in [-0.1, -0.05) is 23.2 Å². The third-order valence-electron chi connectivity index (χ3n) is 14.2. The number of rotatable bonds is 20. The number of aliphatic hydroxyl groups excluding tert-OH is 1. The Morgan fingerprint density at radius 2 is 0.867 bits per heavy atom. The zero-order valence-electron chi connectivity index (χ0n) is 71.9. The predicted molar refractivity (Wildman–Crippen MR) is 458 cm³/mol. The number of aliphatic hydroxyl groups is 1. The van der Waals surface area contributed by atoms with Crippen molar-refractivity contribution in [3.05, 3.63) is 142 Å². The van der Waals surface area contributed by atoms with E-state index in [1.165, 1.54) is 137 Å². The van der Waals surface area contributed by atoms with Crippen LogP contribution in [0.2, 0.25) is 10.3 Å². The molecular weight excluding hydrogens is 1730 g/mol. The monoisotopic (exact) mass is 1820 g/mol. The van der Waals surface area contributed by atoms with E-state index in [0.717, 1.165) is 17.5 Å². The van der Waals surface area contributed by atoms with Crippen LogP contribution >= 0.6 is 23.2 Å². The van der Waals surface area contributed by atoms with Gasteiger partial charge in [-0.15, -0.1) is 20.5 Å². The number of Topliss-reactive ketones (excluding diaryl/α,β-unsaturated/α-hetero) is 1. The number of hydrazine groups is 4. The van der Waals surface area contributed by atoms with E-state index in [4.69, 9.17) is 93.9 Å². The molecule has 128 heavy (non-hydrogen) atoms. The predicted octanol–water partition coefficient (Wildman–Crippen LogP) is 2.02. The summed E-state index contributed by atoms with van der Waals surface area (Å²) in [5, 5.41) is 78.9. The first kappa shape index (κ1) is 110. The second kappa shape index (κ2) is 58.9. The van der Waals surface area contributed by atoms with Gasteiger partial charge in [-0.3, -0.25) is 37.2 Å². The van der Waals surface area contributed by atoms with E-state index in [0.29, 0.717) is 68.0 Å². The minimum atomic E-state index is -0.725. The van der Waals surface area contributed by atoms with Crippen molar-refractivity contribution in [2.24, 2.45) is 70.8 Å². The second-order valence-electron chi connectivity index (χ2n) is 23.0. The average molecular weight is 1820 g/mol. The summed E-state index contributed by atoms with van der Waals surface area (Å²) in [4.78, 5) is 96.9. The summed E-state index contributed by atoms with van der Waals surface area (Å²) in [5.74, 6) is 24.4. The lowest BCUT2D eigenvalue weighted by atomic mass is 10.3. The number of azo groups is 2. The van der Waals surface area contributed by atoms with E-state index in [1.54, 1.807) is 99.9 Å². The van der Waals surface area contributed by atoms with Gasteiger partial charge in [0.05, 0.1) is 102 Å². The fourth-order valence-corrected chi connectivity index (χ4v) is 8.82. The molecule has 0 saturated heterocycles. The Hall–Kier alpha value is -16.0. The fraction of sp³-hybridized carbons (Fsp3) is 0.304. The molecule has 0 atom stereocenters. The van der Waals surface area contributed by atoms with Crippen LogP contribution in [0.15, 0.2) is 112 Å². The number of halogens is 2. The highest BCUT2D eigenvalue weighted by molar-refractivity contribution is 6.33. The molecule has 0 aliphatic carbocycles. The molecule has 0 aromatic carbocycles. The molecule has 11 rings (SSSR count). The molecule has 0 bridgehead atoms. The summed E-state index contributed by atoms with van der Waals surface area (Å²) in [6, 6.07) is 14.8. The number of nitrogens with two attached hydrogens (primary N) is 10. The van der Waals surface area contributed by atoms with Crippen molar-refractivity contribution in [3.63, 3.8) is 0 Å². The average Bonchev–Trinajstić information content (AvgIpc) is 1.63. The fourth-order valence-electron chi connectivity index (χ4n) is 8.47. The van der Waals surface area contributed by atoms with E-state index in [-0.39, 0.29) is 88.2 Å². The minimum Gasteiger partial charge on any atom is -0.468 e. The Bertz CT molecular complexity index is 5360. The number of nitrogens with one attached hydrogen (secondary N) is 3. The highest BCUT2D eigenvalue weighted by Gasteiger charge is 2.23. The van der Waals surface area contributed by atoms with E-state index in [9.17, 15) is 28.8 Å². The number of aromatic nitrogens is 22. The molecule has 0 fully saturated rings. The molecule has 0 aliphatic rings. The van der Waals surface area contributed by atoms with Crippen molar-refractivity contribution in [1.82, 2.24) is 114 Å². The molecule has 0 amide bonds.